The fourth-order valence-corrected chi connectivity index (χ4v) is 3.94. The van der Waals surface area contributed by atoms with Crippen LogP contribution in [0.2, 0.25) is 0 Å². The van der Waals surface area contributed by atoms with Crippen molar-refractivity contribution in [1.29, 1.82) is 0 Å². The van der Waals surface area contributed by atoms with Crippen molar-refractivity contribution in [3.63, 3.8) is 0 Å². The molecule has 0 saturated heterocycles. The first-order valence-corrected chi connectivity index (χ1v) is 10.8. The maximum Gasteiger partial charge on any atom is 0.573 e. The molecular weight excluding hydrogens is 467 g/mol. The van der Waals surface area contributed by atoms with Crippen molar-refractivity contribution in [3.8, 4) is 11.5 Å². The van der Waals surface area contributed by atoms with E-state index in [1.54, 1.807) is 35.3 Å². The Kier molecular flexibility index (Phi) is 8.34. The third kappa shape index (κ3) is 6.30. The molecule has 2 atom stereocenters. The lowest BCUT2D eigenvalue weighted by molar-refractivity contribution is -0.275. The molecule has 0 fully saturated rings. The van der Waals surface area contributed by atoms with E-state index in [0.717, 1.165) is 16.9 Å². The van der Waals surface area contributed by atoms with Gasteiger partial charge in [0, 0.05) is 11.5 Å². The van der Waals surface area contributed by atoms with Gasteiger partial charge < -0.3 is 14.3 Å². The molecule has 0 saturated carbocycles. The highest BCUT2D eigenvalue weighted by atomic mass is 19.4. The average Bonchev–Trinajstić information content (AvgIpc) is 2.84. The number of rotatable bonds is 10. The first kappa shape index (κ1) is 26.0. The molecule has 2 unspecified atom stereocenters. The van der Waals surface area contributed by atoms with Gasteiger partial charge in [-0.3, -0.25) is 14.6 Å². The predicted molar refractivity (Wildman–Crippen MR) is 122 cm³/mol. The normalized spacial score (nSPS) is 18.0. The molecule has 8 nitrogen and oxygen atoms in total. The second kappa shape index (κ2) is 11.2. The number of methoxy groups -OCH3 is 1. The first-order chi connectivity index (χ1) is 16.7. The summed E-state index contributed by atoms with van der Waals surface area (Å²) < 4.78 is 47.9. The Morgan fingerprint density at radius 1 is 1.11 bits per heavy atom. The van der Waals surface area contributed by atoms with Gasteiger partial charge in [-0.2, -0.15) is 10.2 Å². The summed E-state index contributed by atoms with van der Waals surface area (Å²) in [6.45, 7) is 2.21. The van der Waals surface area contributed by atoms with Crippen LogP contribution in [0.5, 0.6) is 11.5 Å². The number of alkyl halides is 3. The number of carbonyl (C=O) groups is 2. The Labute approximate surface area is 200 Å². The molecule has 0 aliphatic carbocycles. The van der Waals surface area contributed by atoms with Gasteiger partial charge >= 0.3 is 6.36 Å². The number of benzene rings is 2. The summed E-state index contributed by atoms with van der Waals surface area (Å²) in [6, 6.07) is 10.7. The standard InChI is InChI=1S/C24H26F3N3O5/c1-4-17-11-20(14-31)29(13-16-5-8-19(9-6-16)30(15-32)34-3)28-23(17)18-7-10-21(33-2)22(12-18)35-24(25,26)27/h5-10,12,14-15,17,20H,4,11,13H2,1-3H3. The lowest BCUT2D eigenvalue weighted by Crippen LogP contribution is -2.41. The minimum Gasteiger partial charge on any atom is -0.493 e. The van der Waals surface area contributed by atoms with E-state index >= 15 is 0 Å². The quantitative estimate of drug-likeness (QED) is 0.362. The third-order valence-electron chi connectivity index (χ3n) is 5.69. The molecule has 11 heteroatoms. The van der Waals surface area contributed by atoms with Crippen molar-refractivity contribution in [2.75, 3.05) is 19.3 Å². The summed E-state index contributed by atoms with van der Waals surface area (Å²) in [5.41, 5.74) is 2.35. The lowest BCUT2D eigenvalue weighted by atomic mass is 9.87. The first-order valence-electron chi connectivity index (χ1n) is 10.8. The molecule has 1 heterocycles. The van der Waals surface area contributed by atoms with Crippen LogP contribution in [0.1, 0.15) is 30.9 Å². The second-order valence-corrected chi connectivity index (χ2v) is 7.82. The largest absolute Gasteiger partial charge is 0.573 e. The van der Waals surface area contributed by atoms with Crippen LogP contribution in [-0.2, 0) is 21.0 Å². The molecular formula is C24H26F3N3O5. The molecule has 35 heavy (non-hydrogen) atoms. The van der Waals surface area contributed by atoms with Gasteiger partial charge in [0.1, 0.15) is 12.3 Å². The molecule has 0 N–H and O–H groups in total. The van der Waals surface area contributed by atoms with E-state index < -0.39 is 18.2 Å². The Balaban J connectivity index is 1.95. The maximum atomic E-state index is 12.9. The SMILES string of the molecule is CCC1CC(C=O)N(Cc2ccc(N(C=O)OC)cc2)N=C1c1ccc(OC)c(OC(F)(F)F)c1. The van der Waals surface area contributed by atoms with E-state index in [0.29, 0.717) is 36.2 Å². The van der Waals surface area contributed by atoms with Crippen LogP contribution in [0.4, 0.5) is 18.9 Å². The summed E-state index contributed by atoms with van der Waals surface area (Å²) in [4.78, 5) is 27.8. The smallest absolute Gasteiger partial charge is 0.493 e. The summed E-state index contributed by atoms with van der Waals surface area (Å²) in [5, 5.41) is 7.36. The molecule has 1 aliphatic heterocycles. The van der Waals surface area contributed by atoms with E-state index in [1.807, 2.05) is 6.92 Å². The van der Waals surface area contributed by atoms with Crippen LogP contribution in [-0.4, -0.2) is 50.0 Å². The monoisotopic (exact) mass is 493 g/mol. The summed E-state index contributed by atoms with van der Waals surface area (Å²) in [6.07, 6.45) is -2.42. The molecule has 1 amide bonds. The highest BCUT2D eigenvalue weighted by Gasteiger charge is 2.34. The number of anilines is 1. The van der Waals surface area contributed by atoms with Crippen molar-refractivity contribution in [1.82, 2.24) is 5.01 Å². The van der Waals surface area contributed by atoms with E-state index in [-0.39, 0.29) is 18.2 Å². The van der Waals surface area contributed by atoms with Gasteiger partial charge in [0.2, 0.25) is 6.41 Å². The van der Waals surface area contributed by atoms with Gasteiger partial charge in [0.05, 0.1) is 32.2 Å². The molecule has 188 valence electrons. The zero-order valence-electron chi connectivity index (χ0n) is 19.5. The van der Waals surface area contributed by atoms with E-state index in [4.69, 9.17) is 9.57 Å². The number of hydrogen-bond acceptors (Lipinski definition) is 7. The van der Waals surface area contributed by atoms with Crippen LogP contribution in [0.15, 0.2) is 47.6 Å². The van der Waals surface area contributed by atoms with Crippen molar-refractivity contribution in [2.45, 2.75) is 38.7 Å². The second-order valence-electron chi connectivity index (χ2n) is 7.82. The summed E-state index contributed by atoms with van der Waals surface area (Å²) in [7, 11) is 2.63. The number of nitrogens with zero attached hydrogens (tertiary/aromatic N) is 3. The Bertz CT molecular complexity index is 1060. The number of hydrazone groups is 1. The number of amides is 1. The average molecular weight is 493 g/mol. The van der Waals surface area contributed by atoms with E-state index in [2.05, 4.69) is 9.84 Å². The maximum absolute atomic E-state index is 12.9. The van der Waals surface area contributed by atoms with Crippen LogP contribution in [0.3, 0.4) is 0 Å². The predicted octanol–water partition coefficient (Wildman–Crippen LogP) is 4.32. The zero-order chi connectivity index (χ0) is 25.6. The number of halogens is 3. The van der Waals surface area contributed by atoms with E-state index in [1.165, 1.54) is 26.4 Å². The minimum atomic E-state index is -4.88. The Hall–Kier alpha value is -3.60. The van der Waals surface area contributed by atoms with Gasteiger partial charge in [-0.25, -0.2) is 0 Å². The summed E-state index contributed by atoms with van der Waals surface area (Å²) >= 11 is 0. The molecule has 2 aromatic carbocycles. The van der Waals surface area contributed by atoms with Crippen LogP contribution in [0.25, 0.3) is 0 Å². The topological polar surface area (TPSA) is 80.7 Å². The van der Waals surface area contributed by atoms with Crippen molar-refractivity contribution < 1.29 is 37.1 Å². The molecule has 2 aromatic rings. The number of hydrogen-bond donors (Lipinski definition) is 0. The van der Waals surface area contributed by atoms with Crippen LogP contribution in [0, 0.1) is 5.92 Å². The molecule has 0 bridgehead atoms. The molecule has 0 spiro atoms. The highest BCUT2D eigenvalue weighted by Crippen LogP contribution is 2.35. The number of aldehydes is 1. The summed E-state index contributed by atoms with van der Waals surface area (Å²) in [5.74, 6) is -0.662. The van der Waals surface area contributed by atoms with Gasteiger partial charge in [-0.05, 0) is 48.7 Å². The zero-order valence-corrected chi connectivity index (χ0v) is 19.5. The van der Waals surface area contributed by atoms with E-state index in [9.17, 15) is 22.8 Å². The van der Waals surface area contributed by atoms with Crippen molar-refractivity contribution in [3.05, 3.63) is 53.6 Å². The van der Waals surface area contributed by atoms with Gasteiger partial charge in [-0.15, -0.1) is 13.2 Å². The molecule has 0 radical (unpaired) electrons. The fourth-order valence-electron chi connectivity index (χ4n) is 3.94. The number of ether oxygens (including phenoxy) is 2. The Morgan fingerprint density at radius 3 is 2.37 bits per heavy atom. The fraction of sp³-hybridized carbons (Fsp3) is 0.375. The van der Waals surface area contributed by atoms with Gasteiger partial charge in [0.25, 0.3) is 0 Å². The third-order valence-corrected chi connectivity index (χ3v) is 5.69. The van der Waals surface area contributed by atoms with Crippen LogP contribution >= 0.6 is 0 Å². The van der Waals surface area contributed by atoms with Crippen LogP contribution < -0.4 is 14.5 Å². The van der Waals surface area contributed by atoms with Gasteiger partial charge in [0.15, 0.2) is 11.5 Å². The number of hydroxylamine groups is 1. The number of carbonyl (C=O) groups excluding carboxylic acids is 2. The molecule has 3 rings (SSSR count). The van der Waals surface area contributed by atoms with Crippen molar-refractivity contribution in [2.24, 2.45) is 11.0 Å². The highest BCUT2D eigenvalue weighted by molar-refractivity contribution is 6.03. The molecule has 0 aromatic heterocycles. The lowest BCUT2D eigenvalue weighted by Gasteiger charge is -2.35. The minimum absolute atomic E-state index is 0.0568. The van der Waals surface area contributed by atoms with Crippen molar-refractivity contribution >= 4 is 24.1 Å². The van der Waals surface area contributed by atoms with Gasteiger partial charge in [-0.1, -0.05) is 19.1 Å². The molecule has 1 aliphatic rings. The Morgan fingerprint density at radius 2 is 1.83 bits per heavy atom.